The van der Waals surface area contributed by atoms with Crippen molar-refractivity contribution in [2.45, 2.75) is 0 Å². The van der Waals surface area contributed by atoms with Gasteiger partial charge >= 0.3 is 6.03 Å². The highest BCUT2D eigenvalue weighted by Crippen LogP contribution is 2.24. The fourth-order valence-corrected chi connectivity index (χ4v) is 1.23. The molecule has 0 aliphatic carbocycles. The van der Waals surface area contributed by atoms with Crippen LogP contribution in [0.15, 0.2) is 34.9 Å². The van der Waals surface area contributed by atoms with E-state index in [0.29, 0.717) is 5.69 Å². The van der Waals surface area contributed by atoms with Crippen molar-refractivity contribution >= 4 is 22.7 Å². The highest BCUT2D eigenvalue weighted by molar-refractivity contribution is 5.99. The summed E-state index contributed by atoms with van der Waals surface area (Å²) in [5, 5.41) is 3.39. The van der Waals surface area contributed by atoms with E-state index >= 15 is 0 Å². The molecule has 1 heterocycles. The van der Waals surface area contributed by atoms with Crippen molar-refractivity contribution in [3.8, 4) is 0 Å². The van der Waals surface area contributed by atoms with Gasteiger partial charge in [-0.15, -0.1) is 0 Å². The lowest BCUT2D eigenvalue weighted by Crippen LogP contribution is -2.34. The third kappa shape index (κ3) is 1.40. The zero-order valence-corrected chi connectivity index (χ0v) is 7.28. The van der Waals surface area contributed by atoms with Gasteiger partial charge in [-0.05, 0) is 12.1 Å². The lowest BCUT2D eigenvalue weighted by atomic mass is 10.2. The van der Waals surface area contributed by atoms with Crippen LogP contribution in [0.3, 0.4) is 0 Å². The molecule has 1 aromatic carbocycles. The smallest absolute Gasteiger partial charge is 0.333 e. The largest absolute Gasteiger partial charge is 0.462 e. The van der Waals surface area contributed by atoms with Gasteiger partial charge in [0, 0.05) is 5.39 Å². The van der Waals surface area contributed by atoms with E-state index < -0.39 is 6.03 Å². The normalized spacial score (nSPS) is 10.1. The number of fused-ring (bicyclic) bond motifs is 1. The molecule has 14 heavy (non-hydrogen) atoms. The van der Waals surface area contributed by atoms with Gasteiger partial charge in [0.05, 0.1) is 5.69 Å². The molecule has 72 valence electrons. The minimum atomic E-state index is -0.475. The minimum absolute atomic E-state index is 0.475. The van der Waals surface area contributed by atoms with E-state index in [0.717, 1.165) is 11.0 Å². The molecule has 0 radical (unpaired) electrons. The molecule has 0 fully saturated rings. The molecule has 0 spiro atoms. The Morgan fingerprint density at radius 3 is 2.93 bits per heavy atom. The highest BCUT2D eigenvalue weighted by atomic mass is 16.3. The Kier molecular flexibility index (Phi) is 2.08. The van der Waals surface area contributed by atoms with Crippen LogP contribution in [-0.2, 0) is 0 Å². The molecule has 0 saturated heterocycles. The number of nitrogens with two attached hydrogens (primary N) is 1. The molecule has 4 N–H and O–H groups in total. The number of urea groups is 1. The Balaban J connectivity index is 2.38. The highest BCUT2D eigenvalue weighted by Gasteiger charge is 2.06. The van der Waals surface area contributed by atoms with Crippen LogP contribution in [0.4, 0.5) is 10.5 Å². The molecular formula is C9H9N3O2. The molecule has 0 bridgehead atoms. The number of anilines is 1. The maximum absolute atomic E-state index is 10.9. The predicted octanol–water partition coefficient (Wildman–Crippen LogP) is 1.43. The Morgan fingerprint density at radius 1 is 1.36 bits per heavy atom. The second-order valence-electron chi connectivity index (χ2n) is 2.74. The third-order valence-electron chi connectivity index (χ3n) is 1.86. The molecule has 5 heteroatoms. The molecule has 0 unspecified atom stereocenters. The van der Waals surface area contributed by atoms with E-state index in [9.17, 15) is 4.79 Å². The number of nitrogens with one attached hydrogen (secondary N) is 2. The summed E-state index contributed by atoms with van der Waals surface area (Å²) in [6, 6.07) is 6.92. The van der Waals surface area contributed by atoms with Gasteiger partial charge in [0.25, 0.3) is 0 Å². The van der Waals surface area contributed by atoms with Crippen molar-refractivity contribution in [2.75, 3.05) is 5.32 Å². The van der Waals surface area contributed by atoms with Crippen LogP contribution < -0.4 is 16.6 Å². The first-order chi connectivity index (χ1) is 6.81. The van der Waals surface area contributed by atoms with Crippen LogP contribution in [-0.4, -0.2) is 6.03 Å². The molecular weight excluding hydrogens is 182 g/mol. The number of hydrogen-bond donors (Lipinski definition) is 3. The van der Waals surface area contributed by atoms with Gasteiger partial charge in [-0.1, -0.05) is 12.1 Å². The van der Waals surface area contributed by atoms with Crippen LogP contribution >= 0.6 is 0 Å². The quantitative estimate of drug-likeness (QED) is 0.362. The summed E-state index contributed by atoms with van der Waals surface area (Å²) in [6.45, 7) is 0. The second kappa shape index (κ2) is 3.39. The summed E-state index contributed by atoms with van der Waals surface area (Å²) >= 11 is 0. The summed E-state index contributed by atoms with van der Waals surface area (Å²) in [4.78, 5) is 10.9. The Hall–Kier alpha value is -2.01. The molecule has 0 aliphatic rings. The third-order valence-corrected chi connectivity index (χ3v) is 1.86. The first kappa shape index (κ1) is 8.58. The van der Waals surface area contributed by atoms with Gasteiger partial charge < -0.3 is 9.73 Å². The summed E-state index contributed by atoms with van der Waals surface area (Å²) < 4.78 is 5.21. The predicted molar refractivity (Wildman–Crippen MR) is 52.6 cm³/mol. The second-order valence-corrected chi connectivity index (χ2v) is 2.74. The standard InChI is InChI=1S/C9H9N3O2/c10-12-9(13)11-7-5-14-8-4-2-1-3-6(7)8/h1-5H,10H2,(H2,11,12,13). The van der Waals surface area contributed by atoms with Crippen molar-refractivity contribution in [3.63, 3.8) is 0 Å². The van der Waals surface area contributed by atoms with Gasteiger partial charge in [0.15, 0.2) is 0 Å². The number of benzene rings is 1. The van der Waals surface area contributed by atoms with E-state index in [1.54, 1.807) is 0 Å². The van der Waals surface area contributed by atoms with E-state index in [1.165, 1.54) is 6.26 Å². The van der Waals surface area contributed by atoms with E-state index in [2.05, 4.69) is 5.32 Å². The number of hydrazine groups is 1. The fraction of sp³-hybridized carbons (Fsp3) is 0. The zero-order valence-electron chi connectivity index (χ0n) is 7.28. The van der Waals surface area contributed by atoms with Crippen molar-refractivity contribution < 1.29 is 9.21 Å². The summed E-state index contributed by atoms with van der Waals surface area (Å²) in [7, 11) is 0. The number of furan rings is 1. The van der Waals surface area contributed by atoms with Crippen LogP contribution in [0.1, 0.15) is 0 Å². The molecule has 2 rings (SSSR count). The molecule has 2 aromatic rings. The van der Waals surface area contributed by atoms with Crippen LogP contribution in [0.5, 0.6) is 0 Å². The average Bonchev–Trinajstić information content (AvgIpc) is 2.62. The number of para-hydroxylation sites is 1. The molecule has 2 amide bonds. The van der Waals surface area contributed by atoms with Gasteiger partial charge in [-0.2, -0.15) is 0 Å². The number of rotatable bonds is 1. The average molecular weight is 191 g/mol. The van der Waals surface area contributed by atoms with E-state index in [4.69, 9.17) is 10.3 Å². The number of carbonyl (C=O) groups is 1. The Morgan fingerprint density at radius 2 is 2.14 bits per heavy atom. The lowest BCUT2D eigenvalue weighted by Gasteiger charge is -1.99. The van der Waals surface area contributed by atoms with Crippen LogP contribution in [0.2, 0.25) is 0 Å². The maximum atomic E-state index is 10.9. The maximum Gasteiger partial charge on any atom is 0.333 e. The lowest BCUT2D eigenvalue weighted by molar-refractivity contribution is 0.252. The molecule has 5 nitrogen and oxygen atoms in total. The fourth-order valence-electron chi connectivity index (χ4n) is 1.23. The Labute approximate surface area is 79.8 Å². The zero-order chi connectivity index (χ0) is 9.97. The number of amides is 2. The van der Waals surface area contributed by atoms with Crippen LogP contribution in [0.25, 0.3) is 11.0 Å². The molecule has 0 atom stereocenters. The molecule has 0 aliphatic heterocycles. The minimum Gasteiger partial charge on any atom is -0.462 e. The van der Waals surface area contributed by atoms with Crippen molar-refractivity contribution in [3.05, 3.63) is 30.5 Å². The number of carbonyl (C=O) groups excluding carboxylic acids is 1. The van der Waals surface area contributed by atoms with Gasteiger partial charge in [0.2, 0.25) is 0 Å². The molecule has 1 aromatic heterocycles. The monoisotopic (exact) mass is 191 g/mol. The van der Waals surface area contributed by atoms with E-state index in [1.807, 2.05) is 29.7 Å². The molecule has 0 saturated carbocycles. The number of hydrogen-bond acceptors (Lipinski definition) is 3. The van der Waals surface area contributed by atoms with Crippen molar-refractivity contribution in [1.29, 1.82) is 0 Å². The van der Waals surface area contributed by atoms with Gasteiger partial charge in [0.1, 0.15) is 11.8 Å². The first-order valence-corrected chi connectivity index (χ1v) is 4.05. The van der Waals surface area contributed by atoms with Crippen molar-refractivity contribution in [1.82, 2.24) is 5.43 Å². The first-order valence-electron chi connectivity index (χ1n) is 4.05. The Bertz CT molecular complexity index is 464. The summed E-state index contributed by atoms with van der Waals surface area (Å²) in [6.07, 6.45) is 1.47. The topological polar surface area (TPSA) is 80.3 Å². The van der Waals surface area contributed by atoms with Gasteiger partial charge in [-0.25, -0.2) is 10.6 Å². The van der Waals surface area contributed by atoms with Crippen LogP contribution in [0, 0.1) is 0 Å². The summed E-state index contributed by atoms with van der Waals surface area (Å²) in [5.41, 5.74) is 3.30. The SMILES string of the molecule is NNC(=O)Nc1coc2ccccc12. The van der Waals surface area contributed by atoms with Crippen molar-refractivity contribution in [2.24, 2.45) is 5.84 Å². The van der Waals surface area contributed by atoms with Gasteiger partial charge in [-0.3, -0.25) is 5.43 Å². The van der Waals surface area contributed by atoms with E-state index in [-0.39, 0.29) is 0 Å². The summed E-state index contributed by atoms with van der Waals surface area (Å²) in [5.74, 6) is 4.94.